The normalized spacial score (nSPS) is 10.9. The van der Waals surface area contributed by atoms with E-state index in [-0.39, 0.29) is 5.82 Å². The number of halogens is 2. The number of H-pyrrole nitrogens is 1. The van der Waals surface area contributed by atoms with E-state index in [1.807, 2.05) is 0 Å². The zero-order valence-electron chi connectivity index (χ0n) is 8.61. The van der Waals surface area contributed by atoms with Crippen molar-refractivity contribution in [3.05, 3.63) is 48.2 Å². The van der Waals surface area contributed by atoms with Crippen molar-refractivity contribution in [2.45, 2.75) is 0 Å². The quantitative estimate of drug-likeness (QED) is 0.699. The minimum Gasteiger partial charge on any atom is -0.277 e. The lowest BCUT2D eigenvalue weighted by Crippen LogP contribution is -1.85. The van der Waals surface area contributed by atoms with E-state index in [0.29, 0.717) is 16.9 Å². The molecule has 84 valence electrons. The molecule has 0 amide bonds. The number of pyridine rings is 1. The first kappa shape index (κ1) is 9.89. The first-order valence-corrected chi connectivity index (χ1v) is 4.99. The summed E-state index contributed by atoms with van der Waals surface area (Å²) in [5.41, 5.74) is 1.72. The van der Waals surface area contributed by atoms with Gasteiger partial charge in [-0.1, -0.05) is 0 Å². The minimum absolute atomic E-state index is 0.334. The highest BCUT2D eigenvalue weighted by Crippen LogP contribution is 2.24. The second-order valence-electron chi connectivity index (χ2n) is 3.62. The highest BCUT2D eigenvalue weighted by atomic mass is 19.1. The van der Waals surface area contributed by atoms with Crippen molar-refractivity contribution >= 4 is 10.9 Å². The van der Waals surface area contributed by atoms with Crippen LogP contribution in [0, 0.1) is 11.6 Å². The maximum Gasteiger partial charge on any atom is 0.141 e. The molecule has 3 aromatic rings. The number of nitrogens with one attached hydrogen (secondary N) is 1. The first-order chi connectivity index (χ1) is 8.24. The zero-order chi connectivity index (χ0) is 11.8. The molecule has 0 unspecified atom stereocenters. The first-order valence-electron chi connectivity index (χ1n) is 4.99. The molecule has 0 aliphatic carbocycles. The third-order valence-electron chi connectivity index (χ3n) is 2.49. The van der Waals surface area contributed by atoms with Gasteiger partial charge >= 0.3 is 0 Å². The summed E-state index contributed by atoms with van der Waals surface area (Å²) in [7, 11) is 0. The van der Waals surface area contributed by atoms with Gasteiger partial charge in [0.2, 0.25) is 0 Å². The van der Waals surface area contributed by atoms with Gasteiger partial charge in [-0.05, 0) is 30.3 Å². The molecule has 0 radical (unpaired) electrons. The number of rotatable bonds is 1. The van der Waals surface area contributed by atoms with E-state index in [1.165, 1.54) is 24.3 Å². The van der Waals surface area contributed by atoms with Crippen molar-refractivity contribution < 1.29 is 8.78 Å². The Morgan fingerprint density at radius 3 is 2.59 bits per heavy atom. The fraction of sp³-hybridized carbons (Fsp3) is 0. The van der Waals surface area contributed by atoms with Gasteiger partial charge in [0.25, 0.3) is 0 Å². The van der Waals surface area contributed by atoms with Crippen molar-refractivity contribution in [2.24, 2.45) is 0 Å². The van der Waals surface area contributed by atoms with Gasteiger partial charge in [0.05, 0.1) is 17.4 Å². The van der Waals surface area contributed by atoms with Crippen LogP contribution in [0.15, 0.2) is 36.5 Å². The van der Waals surface area contributed by atoms with E-state index in [0.717, 1.165) is 11.6 Å². The van der Waals surface area contributed by atoms with Crippen molar-refractivity contribution in [1.82, 2.24) is 15.2 Å². The zero-order valence-corrected chi connectivity index (χ0v) is 8.61. The Morgan fingerprint density at radius 2 is 1.82 bits per heavy atom. The highest BCUT2D eigenvalue weighted by molar-refractivity contribution is 5.91. The Kier molecular flexibility index (Phi) is 2.11. The van der Waals surface area contributed by atoms with Crippen LogP contribution in [0.2, 0.25) is 0 Å². The number of hydrogen-bond donors (Lipinski definition) is 1. The van der Waals surface area contributed by atoms with E-state index >= 15 is 0 Å². The van der Waals surface area contributed by atoms with E-state index in [9.17, 15) is 8.78 Å². The fourth-order valence-electron chi connectivity index (χ4n) is 1.70. The molecule has 17 heavy (non-hydrogen) atoms. The second kappa shape index (κ2) is 3.62. The van der Waals surface area contributed by atoms with Gasteiger partial charge in [-0.3, -0.25) is 10.1 Å². The van der Waals surface area contributed by atoms with E-state index < -0.39 is 5.82 Å². The summed E-state index contributed by atoms with van der Waals surface area (Å²) in [5.74, 6) is -0.737. The van der Waals surface area contributed by atoms with Crippen molar-refractivity contribution in [3.63, 3.8) is 0 Å². The van der Waals surface area contributed by atoms with Gasteiger partial charge in [0.15, 0.2) is 0 Å². The Hall–Kier alpha value is -2.30. The van der Waals surface area contributed by atoms with Gasteiger partial charge in [0, 0.05) is 5.39 Å². The largest absolute Gasteiger partial charge is 0.277 e. The van der Waals surface area contributed by atoms with Gasteiger partial charge < -0.3 is 0 Å². The van der Waals surface area contributed by atoms with Crippen molar-refractivity contribution in [3.8, 4) is 11.4 Å². The Bertz CT molecular complexity index is 674. The van der Waals surface area contributed by atoms with Crippen LogP contribution in [0.1, 0.15) is 0 Å². The number of hydrogen-bond acceptors (Lipinski definition) is 2. The second-order valence-corrected chi connectivity index (χ2v) is 3.62. The summed E-state index contributed by atoms with van der Waals surface area (Å²) in [5, 5.41) is 7.53. The van der Waals surface area contributed by atoms with Crippen LogP contribution in [0.3, 0.4) is 0 Å². The summed E-state index contributed by atoms with van der Waals surface area (Å²) in [4.78, 5) is 3.94. The highest BCUT2D eigenvalue weighted by Gasteiger charge is 2.09. The molecule has 0 aliphatic rings. The Balaban J connectivity index is 2.21. The Morgan fingerprint density at radius 1 is 1.00 bits per heavy atom. The van der Waals surface area contributed by atoms with Gasteiger partial charge in [-0.15, -0.1) is 0 Å². The summed E-state index contributed by atoms with van der Waals surface area (Å²) in [6.45, 7) is 0. The molecule has 0 fully saturated rings. The monoisotopic (exact) mass is 231 g/mol. The maximum absolute atomic E-state index is 13.0. The third kappa shape index (κ3) is 1.65. The average molecular weight is 231 g/mol. The molecule has 1 N–H and O–H groups in total. The fourth-order valence-corrected chi connectivity index (χ4v) is 1.70. The van der Waals surface area contributed by atoms with Crippen LogP contribution in [0.25, 0.3) is 22.3 Å². The summed E-state index contributed by atoms with van der Waals surface area (Å²) in [6.07, 6.45) is 1.12. The van der Waals surface area contributed by atoms with Crippen LogP contribution < -0.4 is 0 Å². The van der Waals surface area contributed by atoms with Gasteiger partial charge in [-0.2, -0.15) is 5.10 Å². The molecule has 2 aromatic heterocycles. The lowest BCUT2D eigenvalue weighted by molar-refractivity contribution is 0.622. The number of fused-ring (bicyclic) bond motifs is 1. The molecule has 5 heteroatoms. The lowest BCUT2D eigenvalue weighted by atomic mass is 10.1. The molecule has 0 saturated carbocycles. The minimum atomic E-state index is -0.403. The molecule has 3 nitrogen and oxygen atoms in total. The number of aromatic nitrogens is 3. The molecule has 0 atom stereocenters. The predicted molar refractivity (Wildman–Crippen MR) is 59.2 cm³/mol. The topological polar surface area (TPSA) is 41.6 Å². The maximum atomic E-state index is 13.0. The van der Waals surface area contributed by atoms with Gasteiger partial charge in [0.1, 0.15) is 17.3 Å². The summed E-state index contributed by atoms with van der Waals surface area (Å²) >= 11 is 0. The van der Waals surface area contributed by atoms with Crippen LogP contribution in [-0.2, 0) is 0 Å². The van der Waals surface area contributed by atoms with Crippen molar-refractivity contribution in [2.75, 3.05) is 0 Å². The number of nitrogens with zero attached hydrogens (tertiary/aromatic N) is 2. The number of benzene rings is 1. The lowest BCUT2D eigenvalue weighted by Gasteiger charge is -1.96. The molecular weight excluding hydrogens is 224 g/mol. The SMILES string of the molecule is Fc1ccc(-c2n[nH]c3cc(F)ccc23)nc1. The molecule has 0 aliphatic heterocycles. The van der Waals surface area contributed by atoms with E-state index in [2.05, 4.69) is 15.2 Å². The summed E-state index contributed by atoms with van der Waals surface area (Å²) in [6, 6.07) is 7.18. The number of aromatic amines is 1. The van der Waals surface area contributed by atoms with Crippen LogP contribution in [-0.4, -0.2) is 15.2 Å². The van der Waals surface area contributed by atoms with Gasteiger partial charge in [-0.25, -0.2) is 8.78 Å². The molecule has 0 spiro atoms. The smallest absolute Gasteiger partial charge is 0.141 e. The van der Waals surface area contributed by atoms with Crippen LogP contribution in [0.4, 0.5) is 8.78 Å². The molecule has 0 bridgehead atoms. The average Bonchev–Trinajstić information content (AvgIpc) is 2.73. The summed E-state index contributed by atoms with van der Waals surface area (Å²) < 4.78 is 25.7. The molecule has 3 rings (SSSR count). The molecule has 1 aromatic carbocycles. The van der Waals surface area contributed by atoms with Crippen molar-refractivity contribution in [1.29, 1.82) is 0 Å². The standard InChI is InChI=1S/C12H7F2N3/c13-7-1-3-9-11(5-7)16-17-12(9)10-4-2-8(14)6-15-10/h1-6H,(H,16,17). The molecule has 0 saturated heterocycles. The molecular formula is C12H7F2N3. The predicted octanol–water partition coefficient (Wildman–Crippen LogP) is 2.90. The molecule has 2 heterocycles. The Labute approximate surface area is 95.1 Å². The van der Waals surface area contributed by atoms with Crippen LogP contribution in [0.5, 0.6) is 0 Å². The third-order valence-corrected chi connectivity index (χ3v) is 2.49. The van der Waals surface area contributed by atoms with E-state index in [4.69, 9.17) is 0 Å². The van der Waals surface area contributed by atoms with Crippen LogP contribution >= 0.6 is 0 Å². The van der Waals surface area contributed by atoms with E-state index in [1.54, 1.807) is 6.07 Å².